The number of nitrogens with zero attached hydrogens (tertiary/aromatic N) is 5. The number of aryl methyl sites for hydroxylation is 3. The summed E-state index contributed by atoms with van der Waals surface area (Å²) in [6, 6.07) is 12.4. The van der Waals surface area contributed by atoms with Crippen molar-refractivity contribution in [1.29, 1.82) is 0 Å². The van der Waals surface area contributed by atoms with E-state index in [1.807, 2.05) is 48.8 Å². The van der Waals surface area contributed by atoms with E-state index in [4.69, 9.17) is 0 Å². The lowest BCUT2D eigenvalue weighted by atomic mass is 10.2. The zero-order valence-corrected chi connectivity index (χ0v) is 18.3. The molecule has 0 radical (unpaired) electrons. The third kappa shape index (κ3) is 4.07. The highest BCUT2D eigenvalue weighted by Crippen LogP contribution is 2.28. The Morgan fingerprint density at radius 2 is 1.87 bits per heavy atom. The Hall–Kier alpha value is -3.50. The molecule has 160 valence electrons. The zero-order chi connectivity index (χ0) is 22.3. The second-order valence-electron chi connectivity index (χ2n) is 7.29. The van der Waals surface area contributed by atoms with Crippen LogP contribution in [0.2, 0.25) is 0 Å². The maximum Gasteiger partial charge on any atom is 0.294 e. The number of rotatable bonds is 5. The summed E-state index contributed by atoms with van der Waals surface area (Å²) >= 11 is 0. The van der Waals surface area contributed by atoms with Gasteiger partial charge in [-0.15, -0.1) is 0 Å². The van der Waals surface area contributed by atoms with E-state index >= 15 is 0 Å². The molecule has 0 fully saturated rings. The molecule has 9 nitrogen and oxygen atoms in total. The topological polar surface area (TPSA) is 113 Å². The number of aromatic nitrogens is 4. The standard InChI is InChI=1S/C21H22N6O3S/c1-13-11-15(5-8-19(13)31(28,29)30)23-21-22-10-9-20(24-21)26(3)16-6-7-17-14(2)27(4)25-18(17)12-16/h5-12H,1-4H3,(H,22,23,24)(H,28,29,30). The van der Waals surface area contributed by atoms with Gasteiger partial charge in [-0.05, 0) is 61.9 Å². The van der Waals surface area contributed by atoms with Gasteiger partial charge >= 0.3 is 0 Å². The summed E-state index contributed by atoms with van der Waals surface area (Å²) in [5, 5.41) is 8.71. The molecule has 0 atom stereocenters. The molecule has 2 heterocycles. The average Bonchev–Trinajstić information content (AvgIpc) is 3.00. The smallest absolute Gasteiger partial charge is 0.294 e. The van der Waals surface area contributed by atoms with Crippen LogP contribution in [-0.4, -0.2) is 39.8 Å². The van der Waals surface area contributed by atoms with E-state index in [-0.39, 0.29) is 4.90 Å². The third-order valence-electron chi connectivity index (χ3n) is 5.20. The summed E-state index contributed by atoms with van der Waals surface area (Å²) < 4.78 is 33.9. The van der Waals surface area contributed by atoms with Crippen LogP contribution in [0.5, 0.6) is 0 Å². The number of hydrogen-bond donors (Lipinski definition) is 2. The summed E-state index contributed by atoms with van der Waals surface area (Å²) in [6.07, 6.45) is 1.64. The van der Waals surface area contributed by atoms with Gasteiger partial charge in [0.15, 0.2) is 0 Å². The third-order valence-corrected chi connectivity index (χ3v) is 6.21. The van der Waals surface area contributed by atoms with Crippen LogP contribution in [0.4, 0.5) is 23.1 Å². The van der Waals surface area contributed by atoms with Crippen molar-refractivity contribution >= 4 is 44.2 Å². The van der Waals surface area contributed by atoms with Crippen molar-refractivity contribution in [3.05, 3.63) is 59.9 Å². The van der Waals surface area contributed by atoms with E-state index in [0.717, 1.165) is 22.3 Å². The molecule has 4 aromatic rings. The fraction of sp³-hybridized carbons (Fsp3) is 0.190. The molecular formula is C21H22N6O3S. The van der Waals surface area contributed by atoms with E-state index < -0.39 is 10.1 Å². The Morgan fingerprint density at radius 3 is 2.58 bits per heavy atom. The highest BCUT2D eigenvalue weighted by molar-refractivity contribution is 7.85. The van der Waals surface area contributed by atoms with Gasteiger partial charge in [-0.2, -0.15) is 18.5 Å². The molecule has 0 saturated carbocycles. The first-order valence-electron chi connectivity index (χ1n) is 9.49. The van der Waals surface area contributed by atoms with Crippen LogP contribution in [0.25, 0.3) is 10.9 Å². The normalized spacial score (nSPS) is 11.6. The summed E-state index contributed by atoms with van der Waals surface area (Å²) in [7, 11) is -0.428. The quantitative estimate of drug-likeness (QED) is 0.453. The van der Waals surface area contributed by atoms with Gasteiger partial charge in [0.25, 0.3) is 10.1 Å². The Morgan fingerprint density at radius 1 is 1.10 bits per heavy atom. The lowest BCUT2D eigenvalue weighted by Gasteiger charge is -2.19. The molecule has 0 bridgehead atoms. The SMILES string of the molecule is Cc1cc(Nc2nccc(N(C)c3ccc4c(C)n(C)nc4c3)n2)ccc1S(=O)(=O)O. The monoisotopic (exact) mass is 438 g/mol. The summed E-state index contributed by atoms with van der Waals surface area (Å²) in [4.78, 5) is 10.6. The number of nitrogens with one attached hydrogen (secondary N) is 1. The minimum Gasteiger partial charge on any atom is -0.329 e. The summed E-state index contributed by atoms with van der Waals surface area (Å²) in [5.41, 5.74) is 3.97. The van der Waals surface area contributed by atoms with Crippen LogP contribution in [0.3, 0.4) is 0 Å². The summed E-state index contributed by atoms with van der Waals surface area (Å²) in [5.74, 6) is 1.04. The van der Waals surface area contributed by atoms with Crippen molar-refractivity contribution in [1.82, 2.24) is 19.7 Å². The fourth-order valence-corrected chi connectivity index (χ4v) is 4.11. The lowest BCUT2D eigenvalue weighted by Crippen LogP contribution is -2.12. The first-order chi connectivity index (χ1) is 14.6. The summed E-state index contributed by atoms with van der Waals surface area (Å²) in [6.45, 7) is 3.64. The molecular weight excluding hydrogens is 416 g/mol. The Kier molecular flexibility index (Phi) is 5.11. The largest absolute Gasteiger partial charge is 0.329 e. The molecule has 0 amide bonds. The number of hydrogen-bond acceptors (Lipinski definition) is 7. The number of benzene rings is 2. The molecule has 0 saturated heterocycles. The van der Waals surface area contributed by atoms with E-state index in [2.05, 4.69) is 20.4 Å². The van der Waals surface area contributed by atoms with Crippen LogP contribution in [0.15, 0.2) is 53.6 Å². The van der Waals surface area contributed by atoms with Crippen LogP contribution >= 0.6 is 0 Å². The van der Waals surface area contributed by atoms with Crippen molar-refractivity contribution < 1.29 is 13.0 Å². The lowest BCUT2D eigenvalue weighted by molar-refractivity contribution is 0.482. The first-order valence-corrected chi connectivity index (χ1v) is 10.9. The van der Waals surface area contributed by atoms with Crippen LogP contribution in [0.1, 0.15) is 11.3 Å². The molecule has 2 N–H and O–H groups in total. The van der Waals surface area contributed by atoms with Crippen molar-refractivity contribution in [2.45, 2.75) is 18.7 Å². The molecule has 0 spiro atoms. The number of fused-ring (bicyclic) bond motifs is 1. The Bertz CT molecular complexity index is 1400. The molecule has 0 aliphatic rings. The van der Waals surface area contributed by atoms with E-state index in [1.54, 1.807) is 31.3 Å². The molecule has 10 heteroatoms. The molecule has 31 heavy (non-hydrogen) atoms. The van der Waals surface area contributed by atoms with Gasteiger partial charge in [0, 0.05) is 42.7 Å². The second-order valence-corrected chi connectivity index (χ2v) is 8.68. The minimum absolute atomic E-state index is 0.132. The molecule has 0 aliphatic carbocycles. The maximum absolute atomic E-state index is 11.4. The molecule has 2 aromatic heterocycles. The minimum atomic E-state index is -4.26. The maximum atomic E-state index is 11.4. The van der Waals surface area contributed by atoms with Crippen LogP contribution in [-0.2, 0) is 17.2 Å². The van der Waals surface area contributed by atoms with Gasteiger partial charge in [0.2, 0.25) is 5.95 Å². The van der Waals surface area contributed by atoms with Gasteiger partial charge in [-0.3, -0.25) is 9.23 Å². The second kappa shape index (κ2) is 7.64. The zero-order valence-electron chi connectivity index (χ0n) is 17.5. The first kappa shape index (κ1) is 20.8. The molecule has 0 unspecified atom stereocenters. The van der Waals surface area contributed by atoms with Crippen molar-refractivity contribution in [3.8, 4) is 0 Å². The van der Waals surface area contributed by atoms with Crippen molar-refractivity contribution in [2.75, 3.05) is 17.3 Å². The fourth-order valence-electron chi connectivity index (χ4n) is 3.40. The van der Waals surface area contributed by atoms with E-state index in [9.17, 15) is 13.0 Å². The van der Waals surface area contributed by atoms with Gasteiger partial charge in [0.05, 0.1) is 10.4 Å². The van der Waals surface area contributed by atoms with Crippen molar-refractivity contribution in [3.63, 3.8) is 0 Å². The predicted octanol–water partition coefficient (Wildman–Crippen LogP) is 3.74. The van der Waals surface area contributed by atoms with E-state index in [1.165, 1.54) is 6.07 Å². The average molecular weight is 439 g/mol. The van der Waals surface area contributed by atoms with Gasteiger partial charge < -0.3 is 10.2 Å². The van der Waals surface area contributed by atoms with E-state index in [0.29, 0.717) is 23.0 Å². The highest BCUT2D eigenvalue weighted by Gasteiger charge is 2.14. The predicted molar refractivity (Wildman–Crippen MR) is 120 cm³/mol. The Balaban J connectivity index is 1.60. The highest BCUT2D eigenvalue weighted by atomic mass is 32.2. The van der Waals surface area contributed by atoms with Gasteiger partial charge in [-0.25, -0.2) is 4.98 Å². The van der Waals surface area contributed by atoms with Crippen LogP contribution < -0.4 is 10.2 Å². The van der Waals surface area contributed by atoms with Gasteiger partial charge in [0.1, 0.15) is 5.82 Å². The molecule has 0 aliphatic heterocycles. The van der Waals surface area contributed by atoms with Gasteiger partial charge in [-0.1, -0.05) is 0 Å². The Labute approximate surface area is 180 Å². The number of anilines is 4. The van der Waals surface area contributed by atoms with Crippen molar-refractivity contribution in [2.24, 2.45) is 7.05 Å². The van der Waals surface area contributed by atoms with Crippen LogP contribution in [0, 0.1) is 13.8 Å². The molecule has 2 aromatic carbocycles. The molecule has 4 rings (SSSR count).